The van der Waals surface area contributed by atoms with Crippen molar-refractivity contribution in [2.75, 3.05) is 26.7 Å². The monoisotopic (exact) mass is 349 g/mol. The van der Waals surface area contributed by atoms with Crippen LogP contribution in [0.2, 0.25) is 0 Å². The Kier molecular flexibility index (Phi) is 6.14. The van der Waals surface area contributed by atoms with Crippen LogP contribution in [-0.2, 0) is 16.0 Å². The predicted octanol–water partition coefficient (Wildman–Crippen LogP) is 2.58. The van der Waals surface area contributed by atoms with Gasteiger partial charge in [0.25, 0.3) is 0 Å². The molecule has 0 unspecified atom stereocenters. The van der Waals surface area contributed by atoms with E-state index in [0.29, 0.717) is 30.4 Å². The van der Waals surface area contributed by atoms with Crippen molar-refractivity contribution in [1.29, 1.82) is 0 Å². The van der Waals surface area contributed by atoms with E-state index in [-0.39, 0.29) is 24.8 Å². The normalized spacial score (nSPS) is 10.7. The lowest BCUT2D eigenvalue weighted by Crippen LogP contribution is -2.41. The smallest absolute Gasteiger partial charge is 0.242 e. The van der Waals surface area contributed by atoms with Gasteiger partial charge in [-0.15, -0.1) is 11.3 Å². The minimum atomic E-state index is -0.148. The molecular formula is C17H23N3O3S. The molecule has 0 spiro atoms. The van der Waals surface area contributed by atoms with E-state index >= 15 is 0 Å². The maximum atomic E-state index is 12.4. The number of likely N-dealkylation sites (N-methyl/N-ethyl adjacent to an activating group) is 2. The first kappa shape index (κ1) is 18.2. The van der Waals surface area contributed by atoms with Gasteiger partial charge in [-0.05, 0) is 32.2 Å². The standard InChI is InChI=1S/C17H23N3O3S/c1-5-20(6-2)16(22)11-19(4)15(21)10-13-12(3)23-17(18-13)14-8-7-9-24-14/h7-9H,5-6,10-11H2,1-4H3. The molecule has 0 bridgehead atoms. The molecule has 0 fully saturated rings. The van der Waals surface area contributed by atoms with Crippen molar-refractivity contribution in [1.82, 2.24) is 14.8 Å². The average molecular weight is 349 g/mol. The van der Waals surface area contributed by atoms with E-state index in [9.17, 15) is 9.59 Å². The largest absolute Gasteiger partial charge is 0.440 e. The summed E-state index contributed by atoms with van der Waals surface area (Å²) in [7, 11) is 1.64. The molecule has 0 aromatic carbocycles. The number of oxazole rings is 1. The number of carbonyl (C=O) groups is 2. The number of thiophene rings is 1. The molecule has 0 aliphatic rings. The SMILES string of the molecule is CCN(CC)C(=O)CN(C)C(=O)Cc1nc(-c2cccs2)oc1C. The number of hydrogen-bond donors (Lipinski definition) is 0. The molecule has 0 radical (unpaired) electrons. The predicted molar refractivity (Wildman–Crippen MR) is 93.8 cm³/mol. The van der Waals surface area contributed by atoms with Crippen molar-refractivity contribution in [3.63, 3.8) is 0 Å². The molecule has 0 N–H and O–H groups in total. The van der Waals surface area contributed by atoms with Gasteiger partial charge in [0.2, 0.25) is 17.7 Å². The maximum Gasteiger partial charge on any atom is 0.242 e. The Hall–Kier alpha value is -2.15. The summed E-state index contributed by atoms with van der Waals surface area (Å²) in [6, 6.07) is 3.85. The maximum absolute atomic E-state index is 12.4. The fourth-order valence-electron chi connectivity index (χ4n) is 2.34. The average Bonchev–Trinajstić information content (AvgIpc) is 3.19. The summed E-state index contributed by atoms with van der Waals surface area (Å²) in [5, 5.41) is 1.95. The van der Waals surface area contributed by atoms with Crippen LogP contribution in [-0.4, -0.2) is 53.3 Å². The minimum Gasteiger partial charge on any atom is -0.440 e. The Labute approximate surface area is 146 Å². The highest BCUT2D eigenvalue weighted by molar-refractivity contribution is 7.13. The first-order valence-corrected chi connectivity index (χ1v) is 8.86. The Bertz CT molecular complexity index is 690. The van der Waals surface area contributed by atoms with Crippen molar-refractivity contribution in [3.05, 3.63) is 29.0 Å². The number of nitrogens with zero attached hydrogens (tertiary/aromatic N) is 3. The van der Waals surface area contributed by atoms with Crippen LogP contribution in [0.4, 0.5) is 0 Å². The molecule has 2 amide bonds. The first-order chi connectivity index (χ1) is 11.5. The summed E-state index contributed by atoms with van der Waals surface area (Å²) < 4.78 is 5.65. The van der Waals surface area contributed by atoms with E-state index in [1.165, 1.54) is 16.2 Å². The number of carbonyl (C=O) groups excluding carboxylic acids is 2. The van der Waals surface area contributed by atoms with Crippen molar-refractivity contribution < 1.29 is 14.0 Å². The van der Waals surface area contributed by atoms with Crippen LogP contribution < -0.4 is 0 Å². The third-order valence-electron chi connectivity index (χ3n) is 3.86. The summed E-state index contributed by atoms with van der Waals surface area (Å²) in [5.74, 6) is 0.971. The van der Waals surface area contributed by atoms with E-state index in [2.05, 4.69) is 4.98 Å². The Morgan fingerprint density at radius 1 is 1.25 bits per heavy atom. The van der Waals surface area contributed by atoms with Crippen molar-refractivity contribution >= 4 is 23.2 Å². The molecule has 0 saturated heterocycles. The number of aromatic nitrogens is 1. The molecule has 7 heteroatoms. The Morgan fingerprint density at radius 3 is 2.54 bits per heavy atom. The number of amides is 2. The number of hydrogen-bond acceptors (Lipinski definition) is 5. The van der Waals surface area contributed by atoms with Gasteiger partial charge >= 0.3 is 0 Å². The van der Waals surface area contributed by atoms with Crippen LogP contribution in [0.1, 0.15) is 25.3 Å². The third-order valence-corrected chi connectivity index (χ3v) is 4.72. The van der Waals surface area contributed by atoms with Gasteiger partial charge in [-0.2, -0.15) is 0 Å². The first-order valence-electron chi connectivity index (χ1n) is 7.98. The van der Waals surface area contributed by atoms with E-state index in [4.69, 9.17) is 4.42 Å². The van der Waals surface area contributed by atoms with E-state index in [1.807, 2.05) is 31.4 Å². The van der Waals surface area contributed by atoms with E-state index in [1.54, 1.807) is 18.9 Å². The zero-order valence-corrected chi connectivity index (χ0v) is 15.4. The van der Waals surface area contributed by atoms with Gasteiger partial charge in [0, 0.05) is 20.1 Å². The molecule has 24 heavy (non-hydrogen) atoms. The fraction of sp³-hybridized carbons (Fsp3) is 0.471. The van der Waals surface area contributed by atoms with Crippen molar-refractivity contribution in [2.24, 2.45) is 0 Å². The van der Waals surface area contributed by atoms with Crippen molar-refractivity contribution in [2.45, 2.75) is 27.2 Å². The number of rotatable bonds is 7. The summed E-state index contributed by atoms with van der Waals surface area (Å²) in [6.07, 6.45) is 0.128. The molecule has 130 valence electrons. The Morgan fingerprint density at radius 2 is 1.96 bits per heavy atom. The lowest BCUT2D eigenvalue weighted by atomic mass is 10.2. The summed E-state index contributed by atoms with van der Waals surface area (Å²) in [4.78, 5) is 33.0. The highest BCUT2D eigenvalue weighted by Crippen LogP contribution is 2.26. The van der Waals surface area contributed by atoms with Crippen LogP contribution in [0.25, 0.3) is 10.8 Å². The molecule has 2 heterocycles. The van der Waals surface area contributed by atoms with Crippen LogP contribution >= 0.6 is 11.3 Å². The molecule has 0 saturated carbocycles. The van der Waals surface area contributed by atoms with Crippen LogP contribution in [0.5, 0.6) is 0 Å². The van der Waals surface area contributed by atoms with Crippen molar-refractivity contribution in [3.8, 4) is 10.8 Å². The van der Waals surface area contributed by atoms with Gasteiger partial charge in [0.15, 0.2) is 0 Å². The highest BCUT2D eigenvalue weighted by atomic mass is 32.1. The second-order valence-corrected chi connectivity index (χ2v) is 6.44. The van der Waals surface area contributed by atoms with Crippen LogP contribution in [0.3, 0.4) is 0 Å². The van der Waals surface area contributed by atoms with Crippen LogP contribution in [0, 0.1) is 6.92 Å². The number of aryl methyl sites for hydroxylation is 1. The van der Waals surface area contributed by atoms with E-state index in [0.717, 1.165) is 4.88 Å². The lowest BCUT2D eigenvalue weighted by molar-refractivity contribution is -0.138. The zero-order valence-electron chi connectivity index (χ0n) is 14.5. The second-order valence-electron chi connectivity index (χ2n) is 5.49. The Balaban J connectivity index is 2.00. The lowest BCUT2D eigenvalue weighted by Gasteiger charge is -2.23. The van der Waals surface area contributed by atoms with Gasteiger partial charge in [-0.25, -0.2) is 4.98 Å². The summed E-state index contributed by atoms with van der Waals surface area (Å²) >= 11 is 1.54. The van der Waals surface area contributed by atoms with E-state index < -0.39 is 0 Å². The molecule has 2 aromatic rings. The topological polar surface area (TPSA) is 66.7 Å². The fourth-order valence-corrected chi connectivity index (χ4v) is 2.99. The molecule has 0 aliphatic carbocycles. The summed E-state index contributed by atoms with van der Waals surface area (Å²) in [6.45, 7) is 7.01. The highest BCUT2D eigenvalue weighted by Gasteiger charge is 2.20. The van der Waals surface area contributed by atoms with Gasteiger partial charge < -0.3 is 14.2 Å². The zero-order chi connectivity index (χ0) is 17.7. The van der Waals surface area contributed by atoms with Gasteiger partial charge in [-0.1, -0.05) is 6.07 Å². The molecule has 2 rings (SSSR count). The molecule has 2 aromatic heterocycles. The van der Waals surface area contributed by atoms with Crippen LogP contribution in [0.15, 0.2) is 21.9 Å². The molecule has 0 atom stereocenters. The van der Waals surface area contributed by atoms with Gasteiger partial charge in [0.1, 0.15) is 5.76 Å². The summed E-state index contributed by atoms with van der Waals surface area (Å²) in [5.41, 5.74) is 0.616. The molecular weight excluding hydrogens is 326 g/mol. The minimum absolute atomic E-state index is 0.0491. The second kappa shape index (κ2) is 8.10. The van der Waals surface area contributed by atoms with Gasteiger partial charge in [0.05, 0.1) is 23.5 Å². The quantitative estimate of drug-likeness (QED) is 0.770. The molecule has 0 aliphatic heterocycles. The third kappa shape index (κ3) is 4.23. The molecule has 6 nitrogen and oxygen atoms in total. The van der Waals surface area contributed by atoms with Gasteiger partial charge in [-0.3, -0.25) is 9.59 Å².